The minimum absolute atomic E-state index is 0.263. The van der Waals surface area contributed by atoms with Crippen LogP contribution in [-0.2, 0) is 16.3 Å². The van der Waals surface area contributed by atoms with Crippen molar-refractivity contribution in [3.8, 4) is 0 Å². The standard InChI is InChI=1S/C14H23NO2S/c1-3-15-14(11-12-18(2,16)17)10-9-13-7-5-4-6-8-13/h4-8,14-15H,3,9-12H2,1-2H3. The first-order valence-corrected chi connectivity index (χ1v) is 8.52. The summed E-state index contributed by atoms with van der Waals surface area (Å²) in [5.41, 5.74) is 1.31. The molecule has 0 aliphatic rings. The van der Waals surface area contributed by atoms with E-state index in [4.69, 9.17) is 0 Å². The fraction of sp³-hybridized carbons (Fsp3) is 0.571. The molecule has 0 radical (unpaired) electrons. The number of hydrogen-bond acceptors (Lipinski definition) is 3. The summed E-state index contributed by atoms with van der Waals surface area (Å²) in [5, 5.41) is 3.36. The van der Waals surface area contributed by atoms with Crippen LogP contribution < -0.4 is 5.32 Å². The van der Waals surface area contributed by atoms with E-state index in [-0.39, 0.29) is 11.8 Å². The van der Waals surface area contributed by atoms with Crippen LogP contribution in [0.5, 0.6) is 0 Å². The van der Waals surface area contributed by atoms with Gasteiger partial charge < -0.3 is 5.32 Å². The van der Waals surface area contributed by atoms with Crippen molar-refractivity contribution in [2.24, 2.45) is 0 Å². The summed E-state index contributed by atoms with van der Waals surface area (Å²) in [7, 11) is -2.86. The van der Waals surface area contributed by atoms with E-state index in [2.05, 4.69) is 24.4 Å². The molecular weight excluding hydrogens is 246 g/mol. The Labute approximate surface area is 111 Å². The lowest BCUT2D eigenvalue weighted by molar-refractivity contribution is 0.478. The Bertz CT molecular complexity index is 428. The molecular formula is C14H23NO2S. The number of hydrogen-bond donors (Lipinski definition) is 1. The third kappa shape index (κ3) is 6.77. The van der Waals surface area contributed by atoms with Gasteiger partial charge in [0.15, 0.2) is 0 Å². The van der Waals surface area contributed by atoms with Crippen molar-refractivity contribution in [1.82, 2.24) is 5.32 Å². The molecule has 0 amide bonds. The number of aryl methyl sites for hydroxylation is 1. The highest BCUT2D eigenvalue weighted by molar-refractivity contribution is 7.90. The minimum atomic E-state index is -2.86. The number of rotatable bonds is 8. The molecule has 0 bridgehead atoms. The summed E-state index contributed by atoms with van der Waals surface area (Å²) >= 11 is 0. The van der Waals surface area contributed by atoms with Gasteiger partial charge >= 0.3 is 0 Å². The van der Waals surface area contributed by atoms with E-state index < -0.39 is 9.84 Å². The van der Waals surface area contributed by atoms with Crippen molar-refractivity contribution in [2.75, 3.05) is 18.6 Å². The number of sulfone groups is 1. The van der Waals surface area contributed by atoms with E-state index in [9.17, 15) is 8.42 Å². The van der Waals surface area contributed by atoms with Crippen molar-refractivity contribution in [3.63, 3.8) is 0 Å². The molecule has 0 saturated heterocycles. The van der Waals surface area contributed by atoms with Gasteiger partial charge in [0.1, 0.15) is 9.84 Å². The molecule has 4 heteroatoms. The number of nitrogens with one attached hydrogen (secondary N) is 1. The quantitative estimate of drug-likeness (QED) is 0.785. The van der Waals surface area contributed by atoms with Gasteiger partial charge in [0.2, 0.25) is 0 Å². The highest BCUT2D eigenvalue weighted by Crippen LogP contribution is 2.08. The molecule has 0 fully saturated rings. The first-order valence-electron chi connectivity index (χ1n) is 6.46. The maximum atomic E-state index is 11.2. The van der Waals surface area contributed by atoms with E-state index in [0.29, 0.717) is 6.42 Å². The van der Waals surface area contributed by atoms with E-state index >= 15 is 0 Å². The molecule has 0 aliphatic carbocycles. The largest absolute Gasteiger partial charge is 0.314 e. The van der Waals surface area contributed by atoms with Crippen molar-refractivity contribution < 1.29 is 8.42 Å². The van der Waals surface area contributed by atoms with Crippen molar-refractivity contribution in [3.05, 3.63) is 35.9 Å². The SMILES string of the molecule is CCNC(CCc1ccccc1)CCS(C)(=O)=O. The third-order valence-electron chi connectivity index (χ3n) is 2.95. The molecule has 0 spiro atoms. The molecule has 18 heavy (non-hydrogen) atoms. The fourth-order valence-corrected chi connectivity index (χ4v) is 2.69. The highest BCUT2D eigenvalue weighted by Gasteiger charge is 2.11. The smallest absolute Gasteiger partial charge is 0.147 e. The summed E-state index contributed by atoms with van der Waals surface area (Å²) in [5.74, 6) is 0.263. The lowest BCUT2D eigenvalue weighted by atomic mass is 10.0. The van der Waals surface area contributed by atoms with Gasteiger partial charge in [0.05, 0.1) is 5.75 Å². The first kappa shape index (κ1) is 15.2. The molecule has 3 nitrogen and oxygen atoms in total. The Balaban J connectivity index is 2.43. The molecule has 1 N–H and O–H groups in total. The van der Waals surface area contributed by atoms with Crippen molar-refractivity contribution in [2.45, 2.75) is 32.2 Å². The molecule has 1 rings (SSSR count). The van der Waals surface area contributed by atoms with E-state index in [1.807, 2.05) is 18.2 Å². The zero-order valence-electron chi connectivity index (χ0n) is 11.2. The van der Waals surface area contributed by atoms with Crippen LogP contribution in [0, 0.1) is 0 Å². The highest BCUT2D eigenvalue weighted by atomic mass is 32.2. The van der Waals surface area contributed by atoms with Crippen LogP contribution in [0.4, 0.5) is 0 Å². The van der Waals surface area contributed by atoms with Gasteiger partial charge in [-0.15, -0.1) is 0 Å². The zero-order valence-corrected chi connectivity index (χ0v) is 12.0. The second-order valence-corrected chi connectivity index (χ2v) is 6.96. The maximum Gasteiger partial charge on any atom is 0.147 e. The summed E-state index contributed by atoms with van der Waals surface area (Å²) in [6.07, 6.45) is 3.96. The summed E-state index contributed by atoms with van der Waals surface area (Å²) < 4.78 is 22.4. The lowest BCUT2D eigenvalue weighted by Crippen LogP contribution is -2.31. The van der Waals surface area contributed by atoms with Gasteiger partial charge in [-0.05, 0) is 31.4 Å². The second kappa shape index (κ2) is 7.54. The molecule has 0 aromatic heterocycles. The predicted molar refractivity (Wildman–Crippen MR) is 76.6 cm³/mol. The number of benzene rings is 1. The second-order valence-electron chi connectivity index (χ2n) is 4.70. The van der Waals surface area contributed by atoms with E-state index in [0.717, 1.165) is 19.4 Å². The van der Waals surface area contributed by atoms with Crippen LogP contribution in [-0.4, -0.2) is 33.0 Å². The van der Waals surface area contributed by atoms with Gasteiger partial charge in [0, 0.05) is 12.3 Å². The molecule has 1 aromatic carbocycles. The van der Waals surface area contributed by atoms with Gasteiger partial charge in [0.25, 0.3) is 0 Å². The Morgan fingerprint density at radius 3 is 2.39 bits per heavy atom. The maximum absolute atomic E-state index is 11.2. The predicted octanol–water partition coefficient (Wildman–Crippen LogP) is 2.03. The van der Waals surface area contributed by atoms with Crippen molar-refractivity contribution >= 4 is 9.84 Å². The topological polar surface area (TPSA) is 46.2 Å². The molecule has 1 atom stereocenters. The van der Waals surface area contributed by atoms with Crippen LogP contribution in [0.3, 0.4) is 0 Å². The van der Waals surface area contributed by atoms with Crippen LogP contribution in [0.2, 0.25) is 0 Å². The van der Waals surface area contributed by atoms with E-state index in [1.165, 1.54) is 11.8 Å². The Morgan fingerprint density at radius 1 is 1.17 bits per heavy atom. The fourth-order valence-electron chi connectivity index (χ4n) is 1.98. The summed E-state index contributed by atoms with van der Waals surface area (Å²) in [4.78, 5) is 0. The van der Waals surface area contributed by atoms with Crippen LogP contribution in [0.15, 0.2) is 30.3 Å². The average Bonchev–Trinajstić information content (AvgIpc) is 2.33. The van der Waals surface area contributed by atoms with Gasteiger partial charge in [-0.2, -0.15) is 0 Å². The van der Waals surface area contributed by atoms with Gasteiger partial charge in [-0.1, -0.05) is 37.3 Å². The molecule has 0 heterocycles. The molecule has 0 saturated carbocycles. The Hall–Kier alpha value is -0.870. The van der Waals surface area contributed by atoms with E-state index in [1.54, 1.807) is 0 Å². The van der Waals surface area contributed by atoms with Gasteiger partial charge in [-0.25, -0.2) is 8.42 Å². The Morgan fingerprint density at radius 2 is 1.83 bits per heavy atom. The Kier molecular flexibility index (Phi) is 6.36. The van der Waals surface area contributed by atoms with Crippen LogP contribution >= 0.6 is 0 Å². The normalized spacial score (nSPS) is 13.4. The average molecular weight is 269 g/mol. The first-order chi connectivity index (χ1) is 8.51. The lowest BCUT2D eigenvalue weighted by Gasteiger charge is -2.17. The molecule has 1 unspecified atom stereocenters. The summed E-state index contributed by atoms with van der Waals surface area (Å²) in [6, 6.07) is 10.6. The monoisotopic (exact) mass is 269 g/mol. The van der Waals surface area contributed by atoms with Crippen LogP contribution in [0.25, 0.3) is 0 Å². The summed E-state index contributed by atoms with van der Waals surface area (Å²) in [6.45, 7) is 2.93. The molecule has 102 valence electrons. The third-order valence-corrected chi connectivity index (χ3v) is 3.93. The zero-order chi connectivity index (χ0) is 13.4. The van der Waals surface area contributed by atoms with Crippen LogP contribution in [0.1, 0.15) is 25.3 Å². The molecule has 1 aromatic rings. The van der Waals surface area contributed by atoms with Gasteiger partial charge in [-0.3, -0.25) is 0 Å². The van der Waals surface area contributed by atoms with Crippen molar-refractivity contribution in [1.29, 1.82) is 0 Å². The molecule has 0 aliphatic heterocycles. The minimum Gasteiger partial charge on any atom is -0.314 e.